The molecule has 0 saturated heterocycles. The van der Waals surface area contributed by atoms with Crippen LogP contribution < -0.4 is 5.32 Å². The maximum absolute atomic E-state index is 11.9. The number of likely N-dealkylation sites (N-methyl/N-ethyl adjacent to an activating group) is 1. The second-order valence-corrected chi connectivity index (χ2v) is 8.35. The zero-order chi connectivity index (χ0) is 18.9. The highest BCUT2D eigenvalue weighted by Gasteiger charge is 2.23. The summed E-state index contributed by atoms with van der Waals surface area (Å²) in [6.07, 6.45) is 2.17. The maximum Gasteiger partial charge on any atom is 0.288 e. The van der Waals surface area contributed by atoms with Gasteiger partial charge in [-0.1, -0.05) is 32.9 Å². The molecule has 140 valence electrons. The third-order valence-electron chi connectivity index (χ3n) is 4.34. The van der Waals surface area contributed by atoms with Crippen molar-refractivity contribution in [2.75, 3.05) is 13.6 Å². The fourth-order valence-electron chi connectivity index (χ4n) is 2.65. The third kappa shape index (κ3) is 4.80. The van der Waals surface area contributed by atoms with Crippen LogP contribution >= 0.6 is 12.2 Å². The molecule has 6 nitrogen and oxygen atoms in total. The van der Waals surface area contributed by atoms with E-state index >= 15 is 0 Å². The Morgan fingerprint density at radius 2 is 2.00 bits per heavy atom. The largest absolute Gasteiger partial charge is 0.409 e. The normalized spacial score (nSPS) is 14.7. The van der Waals surface area contributed by atoms with Crippen LogP contribution in [0.25, 0.3) is 11.5 Å². The second kappa shape index (κ2) is 7.32. The monoisotopic (exact) mass is 374 g/mol. The number of hydrogen-bond acceptors (Lipinski definition) is 5. The molecule has 3 rings (SSSR count). The van der Waals surface area contributed by atoms with Gasteiger partial charge in [0.25, 0.3) is 4.84 Å². The highest BCUT2D eigenvalue weighted by molar-refractivity contribution is 7.71. The molecule has 0 radical (unpaired) electrons. The Hall–Kier alpha value is -1.99. The molecule has 1 saturated carbocycles. The summed E-state index contributed by atoms with van der Waals surface area (Å²) in [5, 5.41) is 7.44. The van der Waals surface area contributed by atoms with Crippen molar-refractivity contribution in [2.45, 2.75) is 51.7 Å². The zero-order valence-electron chi connectivity index (χ0n) is 15.8. The predicted molar refractivity (Wildman–Crippen MR) is 103 cm³/mol. The molecule has 1 aromatic carbocycles. The lowest BCUT2D eigenvalue weighted by Crippen LogP contribution is -2.37. The molecule has 1 aromatic heterocycles. The molecule has 2 aromatic rings. The van der Waals surface area contributed by atoms with Crippen molar-refractivity contribution in [1.29, 1.82) is 0 Å². The van der Waals surface area contributed by atoms with Crippen LogP contribution in [-0.4, -0.2) is 40.2 Å². The van der Waals surface area contributed by atoms with Crippen molar-refractivity contribution in [2.24, 2.45) is 0 Å². The first-order valence-electron chi connectivity index (χ1n) is 8.89. The van der Waals surface area contributed by atoms with Crippen molar-refractivity contribution in [3.8, 4) is 11.5 Å². The highest BCUT2D eigenvalue weighted by Crippen LogP contribution is 2.25. The minimum absolute atomic E-state index is 0.0306. The summed E-state index contributed by atoms with van der Waals surface area (Å²) in [6, 6.07) is 8.53. The van der Waals surface area contributed by atoms with Crippen molar-refractivity contribution < 1.29 is 9.21 Å². The van der Waals surface area contributed by atoms with Gasteiger partial charge < -0.3 is 9.73 Å². The van der Waals surface area contributed by atoms with E-state index in [0.29, 0.717) is 30.0 Å². The fraction of sp³-hybridized carbons (Fsp3) is 0.526. The van der Waals surface area contributed by atoms with Crippen molar-refractivity contribution in [1.82, 2.24) is 20.0 Å². The molecule has 1 fully saturated rings. The Bertz CT molecular complexity index is 828. The summed E-state index contributed by atoms with van der Waals surface area (Å²) in [4.78, 5) is 14.1. The van der Waals surface area contributed by atoms with Crippen molar-refractivity contribution in [3.05, 3.63) is 34.7 Å². The Morgan fingerprint density at radius 3 is 2.58 bits per heavy atom. The van der Waals surface area contributed by atoms with E-state index in [0.717, 1.165) is 18.4 Å². The summed E-state index contributed by atoms with van der Waals surface area (Å²) >= 11 is 5.28. The van der Waals surface area contributed by atoms with Crippen LogP contribution in [0.5, 0.6) is 0 Å². The predicted octanol–water partition coefficient (Wildman–Crippen LogP) is 3.34. The van der Waals surface area contributed by atoms with Crippen molar-refractivity contribution >= 4 is 18.1 Å². The molecule has 1 N–H and O–H groups in total. The number of rotatable bonds is 6. The van der Waals surface area contributed by atoms with Gasteiger partial charge in [0.15, 0.2) is 0 Å². The summed E-state index contributed by atoms with van der Waals surface area (Å²) in [5.74, 6) is 0.522. The summed E-state index contributed by atoms with van der Waals surface area (Å²) in [5.41, 5.74) is 2.24. The third-order valence-corrected chi connectivity index (χ3v) is 4.63. The fourth-order valence-corrected chi connectivity index (χ4v) is 2.83. The molecule has 1 aliphatic rings. The molecular formula is C19H26N4O2S. The minimum Gasteiger partial charge on any atom is -0.409 e. The quantitative estimate of drug-likeness (QED) is 0.786. The SMILES string of the molecule is CN(CC(=O)NC1CC1)Cn1nc(-c2ccc(C(C)(C)C)cc2)oc1=S. The number of hydrogen-bond donors (Lipinski definition) is 1. The van der Waals surface area contributed by atoms with Crippen LogP contribution in [0.4, 0.5) is 0 Å². The number of carbonyl (C=O) groups excluding carboxylic acids is 1. The van der Waals surface area contributed by atoms with Crippen LogP contribution in [0.2, 0.25) is 0 Å². The summed E-state index contributed by atoms with van der Waals surface area (Å²) in [6.45, 7) is 7.24. The van der Waals surface area contributed by atoms with E-state index in [9.17, 15) is 4.79 Å². The highest BCUT2D eigenvalue weighted by atomic mass is 32.1. The molecule has 0 unspecified atom stereocenters. The van der Waals surface area contributed by atoms with Crippen LogP contribution in [-0.2, 0) is 16.9 Å². The maximum atomic E-state index is 11.9. The van der Waals surface area contributed by atoms with E-state index in [1.165, 1.54) is 5.56 Å². The second-order valence-electron chi connectivity index (χ2n) is 8.00. The van der Waals surface area contributed by atoms with E-state index in [2.05, 4.69) is 43.3 Å². The van der Waals surface area contributed by atoms with Gasteiger partial charge in [-0.15, -0.1) is 5.10 Å². The average Bonchev–Trinajstić information content (AvgIpc) is 3.29. The Balaban J connectivity index is 1.66. The van der Waals surface area contributed by atoms with E-state index in [1.807, 2.05) is 24.1 Å². The lowest BCUT2D eigenvalue weighted by molar-refractivity contribution is -0.122. The zero-order valence-corrected chi connectivity index (χ0v) is 16.6. The molecule has 0 spiro atoms. The lowest BCUT2D eigenvalue weighted by Gasteiger charge is -2.18. The van der Waals surface area contributed by atoms with Gasteiger partial charge in [-0.2, -0.15) is 0 Å². The number of nitrogens with one attached hydrogen (secondary N) is 1. The smallest absolute Gasteiger partial charge is 0.288 e. The molecule has 0 atom stereocenters. The molecular weight excluding hydrogens is 348 g/mol. The van der Waals surface area contributed by atoms with E-state index in [-0.39, 0.29) is 11.3 Å². The van der Waals surface area contributed by atoms with Crippen LogP contribution in [0.3, 0.4) is 0 Å². The Labute approximate surface area is 159 Å². The number of aromatic nitrogens is 2. The molecule has 1 heterocycles. The number of benzene rings is 1. The van der Waals surface area contributed by atoms with Gasteiger partial charge in [0, 0.05) is 11.6 Å². The van der Waals surface area contributed by atoms with Gasteiger partial charge in [0.1, 0.15) is 0 Å². The minimum atomic E-state index is 0.0306. The van der Waals surface area contributed by atoms with E-state index in [1.54, 1.807) is 4.68 Å². The number of carbonyl (C=O) groups is 1. The van der Waals surface area contributed by atoms with Crippen molar-refractivity contribution in [3.63, 3.8) is 0 Å². The summed E-state index contributed by atoms with van der Waals surface area (Å²) < 4.78 is 7.25. The summed E-state index contributed by atoms with van der Waals surface area (Å²) in [7, 11) is 1.86. The van der Waals surface area contributed by atoms with Gasteiger partial charge in [0.05, 0.1) is 13.2 Å². The molecule has 26 heavy (non-hydrogen) atoms. The number of nitrogens with zero attached hydrogens (tertiary/aromatic N) is 3. The molecule has 1 aliphatic carbocycles. The lowest BCUT2D eigenvalue weighted by atomic mass is 9.87. The Kier molecular flexibility index (Phi) is 5.29. The first-order valence-corrected chi connectivity index (χ1v) is 9.30. The first-order chi connectivity index (χ1) is 12.2. The van der Waals surface area contributed by atoms with Gasteiger partial charge in [-0.05, 0) is 55.2 Å². The standard InChI is InChI=1S/C19H26N4O2S/c1-19(2,3)14-7-5-13(6-8-14)17-21-23(18(26)25-17)12-22(4)11-16(24)20-15-9-10-15/h5-8,15H,9-12H2,1-4H3,(H,20,24). The molecule has 7 heteroatoms. The van der Waals surface area contributed by atoms with Crippen LogP contribution in [0.1, 0.15) is 39.2 Å². The van der Waals surface area contributed by atoms with Gasteiger partial charge in [-0.3, -0.25) is 9.69 Å². The van der Waals surface area contributed by atoms with E-state index < -0.39 is 0 Å². The molecule has 0 bridgehead atoms. The van der Waals surface area contributed by atoms with Crippen LogP contribution in [0.15, 0.2) is 28.7 Å². The molecule has 0 aliphatic heterocycles. The average molecular weight is 375 g/mol. The first kappa shape index (κ1) is 18.8. The van der Waals surface area contributed by atoms with Gasteiger partial charge in [0.2, 0.25) is 11.8 Å². The van der Waals surface area contributed by atoms with Gasteiger partial charge >= 0.3 is 0 Å². The van der Waals surface area contributed by atoms with Crippen LogP contribution in [0, 0.1) is 4.84 Å². The Morgan fingerprint density at radius 1 is 1.35 bits per heavy atom. The number of amides is 1. The van der Waals surface area contributed by atoms with E-state index in [4.69, 9.17) is 16.6 Å². The topological polar surface area (TPSA) is 63.3 Å². The molecule has 1 amide bonds. The van der Waals surface area contributed by atoms with Gasteiger partial charge in [-0.25, -0.2) is 4.68 Å².